The zero-order chi connectivity index (χ0) is 14.5. The maximum atomic E-state index is 13.6. The van der Waals surface area contributed by atoms with E-state index in [1.165, 1.54) is 13.2 Å². The summed E-state index contributed by atoms with van der Waals surface area (Å²) < 4.78 is 23.9. The predicted octanol–water partition coefficient (Wildman–Crippen LogP) is 0.781. The van der Waals surface area contributed by atoms with E-state index in [4.69, 9.17) is 9.47 Å². The monoisotopic (exact) mass is 282 g/mol. The van der Waals surface area contributed by atoms with Crippen LogP contribution in [0.1, 0.15) is 5.56 Å². The van der Waals surface area contributed by atoms with Crippen molar-refractivity contribution in [2.75, 3.05) is 33.9 Å². The Hall–Kier alpha value is -1.66. The Morgan fingerprint density at radius 3 is 3.00 bits per heavy atom. The average molecular weight is 282 g/mol. The van der Waals surface area contributed by atoms with Gasteiger partial charge in [0.05, 0.1) is 13.7 Å². The number of likely N-dealkylation sites (N-methyl/N-ethyl adjacent to an activating group) is 1. The zero-order valence-corrected chi connectivity index (χ0v) is 11.7. The van der Waals surface area contributed by atoms with E-state index in [2.05, 4.69) is 5.32 Å². The lowest BCUT2D eigenvalue weighted by Crippen LogP contribution is -2.48. The molecule has 6 heteroatoms. The first-order valence-corrected chi connectivity index (χ1v) is 6.51. The fourth-order valence-electron chi connectivity index (χ4n) is 2.13. The summed E-state index contributed by atoms with van der Waals surface area (Å²) >= 11 is 0. The van der Waals surface area contributed by atoms with Gasteiger partial charge in [-0.3, -0.25) is 4.79 Å². The van der Waals surface area contributed by atoms with Crippen molar-refractivity contribution in [1.82, 2.24) is 10.2 Å². The molecule has 0 saturated carbocycles. The fraction of sp³-hybridized carbons (Fsp3) is 0.500. The van der Waals surface area contributed by atoms with E-state index in [0.717, 1.165) is 6.54 Å². The number of carbonyl (C=O) groups is 1. The van der Waals surface area contributed by atoms with Gasteiger partial charge < -0.3 is 19.7 Å². The molecular formula is C14H19FN2O3. The summed E-state index contributed by atoms with van der Waals surface area (Å²) in [6.45, 7) is 2.14. The number of rotatable bonds is 4. The van der Waals surface area contributed by atoms with Crippen molar-refractivity contribution in [3.05, 3.63) is 29.6 Å². The van der Waals surface area contributed by atoms with Gasteiger partial charge in [0, 0.05) is 26.7 Å². The molecule has 0 aliphatic carbocycles. The minimum absolute atomic E-state index is 0.103. The molecule has 1 aromatic carbocycles. The van der Waals surface area contributed by atoms with Crippen molar-refractivity contribution in [2.24, 2.45) is 0 Å². The summed E-state index contributed by atoms with van der Waals surface area (Å²) in [7, 11) is 3.10. The molecule has 20 heavy (non-hydrogen) atoms. The topological polar surface area (TPSA) is 50.8 Å². The first kappa shape index (κ1) is 14.7. The summed E-state index contributed by atoms with van der Waals surface area (Å²) in [4.78, 5) is 13.7. The standard InChI is InChI=1S/C14H19FN2O3/c1-17(14(18)13-8-16-5-6-20-13)9-10-3-4-12(19-2)11(15)7-10/h3-4,7,13,16H,5-6,8-9H2,1-2H3/t13-/m0/s1. The van der Waals surface area contributed by atoms with Crippen LogP contribution >= 0.6 is 0 Å². The third-order valence-corrected chi connectivity index (χ3v) is 3.22. The highest BCUT2D eigenvalue weighted by Gasteiger charge is 2.24. The van der Waals surface area contributed by atoms with Crippen LogP contribution in [0.5, 0.6) is 5.75 Å². The second-order valence-electron chi connectivity index (χ2n) is 4.73. The Balaban J connectivity index is 1.98. The molecule has 0 bridgehead atoms. The molecule has 1 saturated heterocycles. The van der Waals surface area contributed by atoms with Gasteiger partial charge in [-0.05, 0) is 17.7 Å². The largest absolute Gasteiger partial charge is 0.494 e. The molecule has 1 atom stereocenters. The highest BCUT2D eigenvalue weighted by molar-refractivity contribution is 5.81. The number of carbonyl (C=O) groups excluding carboxylic acids is 1. The van der Waals surface area contributed by atoms with Crippen molar-refractivity contribution >= 4 is 5.91 Å². The van der Waals surface area contributed by atoms with Crippen LogP contribution in [-0.2, 0) is 16.1 Å². The maximum Gasteiger partial charge on any atom is 0.253 e. The van der Waals surface area contributed by atoms with E-state index in [1.807, 2.05) is 0 Å². The van der Waals surface area contributed by atoms with Gasteiger partial charge in [-0.2, -0.15) is 0 Å². The third-order valence-electron chi connectivity index (χ3n) is 3.22. The van der Waals surface area contributed by atoms with Crippen LogP contribution in [-0.4, -0.2) is 50.8 Å². The van der Waals surface area contributed by atoms with E-state index in [0.29, 0.717) is 25.3 Å². The lowest BCUT2D eigenvalue weighted by molar-refractivity contribution is -0.144. The smallest absolute Gasteiger partial charge is 0.253 e. The Morgan fingerprint density at radius 1 is 1.60 bits per heavy atom. The molecule has 2 rings (SSSR count). The van der Waals surface area contributed by atoms with Crippen molar-refractivity contribution in [2.45, 2.75) is 12.6 Å². The van der Waals surface area contributed by atoms with Crippen LogP contribution in [0.3, 0.4) is 0 Å². The van der Waals surface area contributed by atoms with Crippen molar-refractivity contribution < 1.29 is 18.7 Å². The molecule has 110 valence electrons. The Labute approximate surface area is 117 Å². The van der Waals surface area contributed by atoms with Crippen LogP contribution in [0.25, 0.3) is 0 Å². The molecule has 1 N–H and O–H groups in total. The molecule has 1 aromatic rings. The van der Waals surface area contributed by atoms with Crippen LogP contribution in [0, 0.1) is 5.82 Å². The molecule has 0 spiro atoms. The molecule has 1 fully saturated rings. The van der Waals surface area contributed by atoms with Gasteiger partial charge >= 0.3 is 0 Å². The summed E-state index contributed by atoms with van der Waals surface area (Å²) in [6, 6.07) is 4.68. The van der Waals surface area contributed by atoms with Gasteiger partial charge in [0.1, 0.15) is 6.10 Å². The number of ether oxygens (including phenoxy) is 2. The normalized spacial score (nSPS) is 18.6. The van der Waals surface area contributed by atoms with Gasteiger partial charge in [-0.25, -0.2) is 4.39 Å². The first-order chi connectivity index (χ1) is 9.61. The average Bonchev–Trinajstić information content (AvgIpc) is 2.47. The number of nitrogens with zero attached hydrogens (tertiary/aromatic N) is 1. The van der Waals surface area contributed by atoms with Gasteiger partial charge in [0.2, 0.25) is 0 Å². The Bertz CT molecular complexity index is 475. The minimum Gasteiger partial charge on any atom is -0.494 e. The van der Waals surface area contributed by atoms with E-state index in [1.54, 1.807) is 24.1 Å². The highest BCUT2D eigenvalue weighted by Crippen LogP contribution is 2.18. The second-order valence-corrected chi connectivity index (χ2v) is 4.73. The van der Waals surface area contributed by atoms with Crippen LogP contribution in [0.4, 0.5) is 4.39 Å². The Morgan fingerprint density at radius 2 is 2.40 bits per heavy atom. The van der Waals surface area contributed by atoms with Gasteiger partial charge in [0.15, 0.2) is 11.6 Å². The van der Waals surface area contributed by atoms with E-state index < -0.39 is 11.9 Å². The van der Waals surface area contributed by atoms with Crippen molar-refractivity contribution in [3.8, 4) is 5.75 Å². The quantitative estimate of drug-likeness (QED) is 0.887. The Kier molecular flexibility index (Phi) is 4.92. The zero-order valence-electron chi connectivity index (χ0n) is 11.7. The summed E-state index contributed by atoms with van der Waals surface area (Å²) in [5.74, 6) is -0.336. The summed E-state index contributed by atoms with van der Waals surface area (Å²) in [6.07, 6.45) is -0.461. The second kappa shape index (κ2) is 6.67. The van der Waals surface area contributed by atoms with E-state index >= 15 is 0 Å². The number of benzene rings is 1. The summed E-state index contributed by atoms with van der Waals surface area (Å²) in [5.41, 5.74) is 0.711. The molecule has 5 nitrogen and oxygen atoms in total. The molecule has 1 aliphatic heterocycles. The summed E-state index contributed by atoms with van der Waals surface area (Å²) in [5, 5.41) is 3.11. The van der Waals surface area contributed by atoms with Gasteiger partial charge in [0.25, 0.3) is 5.91 Å². The van der Waals surface area contributed by atoms with Crippen molar-refractivity contribution in [1.29, 1.82) is 0 Å². The highest BCUT2D eigenvalue weighted by atomic mass is 19.1. The molecule has 0 unspecified atom stereocenters. The molecule has 1 amide bonds. The molecule has 1 heterocycles. The number of nitrogens with one attached hydrogen (secondary N) is 1. The number of methoxy groups -OCH3 is 1. The van der Waals surface area contributed by atoms with Crippen LogP contribution < -0.4 is 10.1 Å². The first-order valence-electron chi connectivity index (χ1n) is 6.51. The lowest BCUT2D eigenvalue weighted by Gasteiger charge is -2.27. The molecule has 0 radical (unpaired) electrons. The van der Waals surface area contributed by atoms with Crippen LogP contribution in [0.15, 0.2) is 18.2 Å². The van der Waals surface area contributed by atoms with E-state index in [-0.39, 0.29) is 11.7 Å². The van der Waals surface area contributed by atoms with Crippen LogP contribution in [0.2, 0.25) is 0 Å². The van der Waals surface area contributed by atoms with Gasteiger partial charge in [-0.1, -0.05) is 6.07 Å². The number of hydrogen-bond donors (Lipinski definition) is 1. The SMILES string of the molecule is COc1ccc(CN(C)C(=O)[C@@H]2CNCCO2)cc1F. The number of morpholine rings is 1. The predicted molar refractivity (Wildman–Crippen MR) is 72.0 cm³/mol. The number of amides is 1. The minimum atomic E-state index is -0.461. The third kappa shape index (κ3) is 3.46. The maximum absolute atomic E-state index is 13.6. The molecular weight excluding hydrogens is 263 g/mol. The number of halogens is 1. The van der Waals surface area contributed by atoms with E-state index in [9.17, 15) is 9.18 Å². The van der Waals surface area contributed by atoms with Gasteiger partial charge in [-0.15, -0.1) is 0 Å². The molecule has 1 aliphatic rings. The van der Waals surface area contributed by atoms with Crippen molar-refractivity contribution in [3.63, 3.8) is 0 Å². The number of hydrogen-bond acceptors (Lipinski definition) is 4. The fourth-order valence-corrected chi connectivity index (χ4v) is 2.13. The molecule has 0 aromatic heterocycles. The lowest BCUT2D eigenvalue weighted by atomic mass is 10.2.